The quantitative estimate of drug-likeness (QED) is 0.793. The Morgan fingerprint density at radius 2 is 1.91 bits per heavy atom. The molecule has 0 saturated heterocycles. The lowest BCUT2D eigenvalue weighted by Crippen LogP contribution is -2.83. The smallest absolute Gasteiger partial charge is 0.231 e. The summed E-state index contributed by atoms with van der Waals surface area (Å²) in [6.07, 6.45) is 0.964. The number of phenols is 1. The van der Waals surface area contributed by atoms with Crippen molar-refractivity contribution in [2.45, 2.75) is 13.0 Å². The zero-order valence-corrected chi connectivity index (χ0v) is 12.5. The van der Waals surface area contributed by atoms with Crippen molar-refractivity contribution in [1.82, 2.24) is 0 Å². The maximum Gasteiger partial charge on any atom is 0.231 e. The van der Waals surface area contributed by atoms with E-state index in [9.17, 15) is 5.11 Å². The molecular formula is C17H20NO4+. The van der Waals surface area contributed by atoms with Crippen molar-refractivity contribution in [3.63, 3.8) is 0 Å². The first-order chi connectivity index (χ1) is 10.8. The van der Waals surface area contributed by atoms with E-state index >= 15 is 0 Å². The highest BCUT2D eigenvalue weighted by atomic mass is 16.7. The van der Waals surface area contributed by atoms with Crippen LogP contribution in [-0.2, 0) is 13.0 Å². The second-order valence-electron chi connectivity index (χ2n) is 5.23. The SMILES string of the molecule is COc1cc(C[NH2+]CCc2ccc3c(c2)OCO3)ccc1O. The number of methoxy groups -OCH3 is 1. The molecule has 0 aliphatic carbocycles. The molecule has 5 nitrogen and oxygen atoms in total. The fourth-order valence-corrected chi connectivity index (χ4v) is 2.48. The molecule has 0 unspecified atom stereocenters. The Labute approximate surface area is 129 Å². The second-order valence-corrected chi connectivity index (χ2v) is 5.23. The molecule has 1 heterocycles. The summed E-state index contributed by atoms with van der Waals surface area (Å²) in [5, 5.41) is 11.8. The number of quaternary nitrogens is 1. The van der Waals surface area contributed by atoms with Gasteiger partial charge in [-0.05, 0) is 35.9 Å². The molecular weight excluding hydrogens is 282 g/mol. The van der Waals surface area contributed by atoms with E-state index in [0.717, 1.165) is 36.6 Å². The van der Waals surface area contributed by atoms with E-state index in [4.69, 9.17) is 14.2 Å². The first kappa shape index (κ1) is 14.5. The molecule has 0 amide bonds. The summed E-state index contributed by atoms with van der Waals surface area (Å²) < 4.78 is 15.8. The van der Waals surface area contributed by atoms with Gasteiger partial charge >= 0.3 is 0 Å². The second kappa shape index (κ2) is 6.58. The molecule has 0 radical (unpaired) electrons. The van der Waals surface area contributed by atoms with Gasteiger partial charge in [-0.3, -0.25) is 0 Å². The maximum atomic E-state index is 9.57. The van der Waals surface area contributed by atoms with Crippen molar-refractivity contribution >= 4 is 0 Å². The number of nitrogens with two attached hydrogens (primary N) is 1. The molecule has 1 aliphatic rings. The summed E-state index contributed by atoms with van der Waals surface area (Å²) in [4.78, 5) is 0. The van der Waals surface area contributed by atoms with Crippen LogP contribution in [0.5, 0.6) is 23.0 Å². The van der Waals surface area contributed by atoms with Crippen LogP contribution >= 0.6 is 0 Å². The number of hydrogen-bond donors (Lipinski definition) is 2. The first-order valence-electron chi connectivity index (χ1n) is 7.32. The molecule has 0 fully saturated rings. The number of hydrogen-bond acceptors (Lipinski definition) is 4. The summed E-state index contributed by atoms with van der Waals surface area (Å²) in [6.45, 7) is 2.14. The molecule has 0 bridgehead atoms. The first-order valence-corrected chi connectivity index (χ1v) is 7.32. The van der Waals surface area contributed by atoms with Crippen molar-refractivity contribution in [1.29, 1.82) is 0 Å². The Morgan fingerprint density at radius 1 is 1.09 bits per heavy atom. The van der Waals surface area contributed by atoms with E-state index in [1.165, 1.54) is 5.56 Å². The van der Waals surface area contributed by atoms with Crippen molar-refractivity contribution in [3.05, 3.63) is 47.5 Å². The molecule has 0 saturated carbocycles. The van der Waals surface area contributed by atoms with Crippen LogP contribution in [0.3, 0.4) is 0 Å². The molecule has 1 aliphatic heterocycles. The maximum absolute atomic E-state index is 9.57. The number of phenolic OH excluding ortho intramolecular Hbond substituents is 1. The molecule has 0 aromatic heterocycles. The lowest BCUT2D eigenvalue weighted by Gasteiger charge is -2.07. The van der Waals surface area contributed by atoms with Crippen LogP contribution in [0.4, 0.5) is 0 Å². The van der Waals surface area contributed by atoms with Gasteiger partial charge in [0, 0.05) is 12.0 Å². The molecule has 116 valence electrons. The molecule has 0 spiro atoms. The molecule has 22 heavy (non-hydrogen) atoms. The van der Waals surface area contributed by atoms with E-state index in [2.05, 4.69) is 11.4 Å². The Bertz CT molecular complexity index is 644. The van der Waals surface area contributed by atoms with Crippen molar-refractivity contribution < 1.29 is 24.6 Å². The highest BCUT2D eigenvalue weighted by Crippen LogP contribution is 2.32. The minimum absolute atomic E-state index is 0.173. The van der Waals surface area contributed by atoms with Gasteiger partial charge in [0.1, 0.15) is 6.54 Å². The third kappa shape index (κ3) is 3.26. The van der Waals surface area contributed by atoms with Crippen LogP contribution in [0, 0.1) is 0 Å². The number of aromatic hydroxyl groups is 1. The van der Waals surface area contributed by atoms with Gasteiger partial charge in [0.05, 0.1) is 13.7 Å². The van der Waals surface area contributed by atoms with Crippen LogP contribution < -0.4 is 19.5 Å². The van der Waals surface area contributed by atoms with E-state index in [0.29, 0.717) is 12.5 Å². The van der Waals surface area contributed by atoms with Gasteiger partial charge in [0.15, 0.2) is 23.0 Å². The number of fused-ring (bicyclic) bond motifs is 1. The zero-order valence-electron chi connectivity index (χ0n) is 12.5. The molecule has 2 aromatic carbocycles. The van der Waals surface area contributed by atoms with E-state index in [1.807, 2.05) is 24.3 Å². The summed E-state index contributed by atoms with van der Waals surface area (Å²) in [6, 6.07) is 11.5. The third-order valence-electron chi connectivity index (χ3n) is 3.70. The Morgan fingerprint density at radius 3 is 2.77 bits per heavy atom. The van der Waals surface area contributed by atoms with Crippen LogP contribution in [0.2, 0.25) is 0 Å². The lowest BCUT2D eigenvalue weighted by atomic mass is 10.1. The van der Waals surface area contributed by atoms with E-state index < -0.39 is 0 Å². The minimum atomic E-state index is 0.173. The van der Waals surface area contributed by atoms with Crippen LogP contribution in [0.1, 0.15) is 11.1 Å². The van der Waals surface area contributed by atoms with Gasteiger partial charge in [-0.2, -0.15) is 0 Å². The predicted octanol–water partition coefficient (Wildman–Crippen LogP) is 1.44. The zero-order chi connectivity index (χ0) is 15.4. The van der Waals surface area contributed by atoms with Crippen LogP contribution in [0.15, 0.2) is 36.4 Å². The number of rotatable bonds is 6. The van der Waals surface area contributed by atoms with E-state index in [1.54, 1.807) is 13.2 Å². The van der Waals surface area contributed by atoms with Gasteiger partial charge in [0.2, 0.25) is 6.79 Å². The van der Waals surface area contributed by atoms with Gasteiger partial charge in [-0.15, -0.1) is 0 Å². The van der Waals surface area contributed by atoms with Crippen molar-refractivity contribution in [2.24, 2.45) is 0 Å². The molecule has 3 N–H and O–H groups in total. The average Bonchev–Trinajstić information content (AvgIpc) is 3.00. The van der Waals surface area contributed by atoms with Crippen LogP contribution in [-0.4, -0.2) is 25.6 Å². The summed E-state index contributed by atoms with van der Waals surface area (Å²) in [5.74, 6) is 2.35. The highest BCUT2D eigenvalue weighted by Gasteiger charge is 2.13. The van der Waals surface area contributed by atoms with Gasteiger partial charge in [-0.25, -0.2) is 0 Å². The predicted molar refractivity (Wildman–Crippen MR) is 81.4 cm³/mol. The van der Waals surface area contributed by atoms with Crippen molar-refractivity contribution in [3.8, 4) is 23.0 Å². The standard InChI is InChI=1S/C17H19NO4/c1-20-16-9-13(2-4-14(16)19)10-18-7-6-12-3-5-15-17(8-12)22-11-21-15/h2-5,8-9,18-19H,6-7,10-11H2,1H3/p+1. The Balaban J connectivity index is 1.49. The third-order valence-corrected chi connectivity index (χ3v) is 3.70. The largest absolute Gasteiger partial charge is 0.504 e. The summed E-state index contributed by atoms with van der Waals surface area (Å²) in [7, 11) is 1.56. The Kier molecular flexibility index (Phi) is 4.34. The normalized spacial score (nSPS) is 12.4. The fourth-order valence-electron chi connectivity index (χ4n) is 2.48. The van der Waals surface area contributed by atoms with Crippen LogP contribution in [0.25, 0.3) is 0 Å². The lowest BCUT2D eigenvalue weighted by molar-refractivity contribution is -0.670. The summed E-state index contributed by atoms with van der Waals surface area (Å²) >= 11 is 0. The molecule has 3 rings (SSSR count). The fraction of sp³-hybridized carbons (Fsp3) is 0.294. The van der Waals surface area contributed by atoms with Gasteiger partial charge in [-0.1, -0.05) is 6.07 Å². The van der Waals surface area contributed by atoms with Gasteiger partial charge < -0.3 is 24.6 Å². The van der Waals surface area contributed by atoms with Crippen molar-refractivity contribution in [2.75, 3.05) is 20.4 Å². The summed E-state index contributed by atoms with van der Waals surface area (Å²) in [5.41, 5.74) is 2.36. The highest BCUT2D eigenvalue weighted by molar-refractivity contribution is 5.44. The topological polar surface area (TPSA) is 64.5 Å². The molecule has 5 heteroatoms. The number of benzene rings is 2. The minimum Gasteiger partial charge on any atom is -0.504 e. The monoisotopic (exact) mass is 302 g/mol. The van der Waals surface area contributed by atoms with Gasteiger partial charge in [0.25, 0.3) is 0 Å². The molecule has 2 aromatic rings. The average molecular weight is 302 g/mol. The number of ether oxygens (including phenoxy) is 3. The molecule has 0 atom stereocenters. The Hall–Kier alpha value is -2.40. The van der Waals surface area contributed by atoms with E-state index in [-0.39, 0.29) is 5.75 Å².